The van der Waals surface area contributed by atoms with Crippen molar-refractivity contribution in [2.24, 2.45) is 11.8 Å². The fourth-order valence-electron chi connectivity index (χ4n) is 6.02. The van der Waals surface area contributed by atoms with E-state index in [0.29, 0.717) is 30.5 Å². The molecule has 2 aromatic rings. The van der Waals surface area contributed by atoms with Crippen LogP contribution in [0.4, 0.5) is 0 Å². The molecule has 1 amide bonds. The van der Waals surface area contributed by atoms with Gasteiger partial charge in [0.05, 0.1) is 0 Å². The number of aryl methyl sites for hydroxylation is 1. The van der Waals surface area contributed by atoms with E-state index < -0.39 is 5.97 Å². The summed E-state index contributed by atoms with van der Waals surface area (Å²) in [5, 5.41) is 12.1. The molecule has 1 aromatic carbocycles. The van der Waals surface area contributed by atoms with Gasteiger partial charge in [0.1, 0.15) is 6.26 Å². The number of aliphatic carboxylic acids is 1. The molecule has 0 spiro atoms. The Kier molecular flexibility index (Phi) is 9.38. The van der Waals surface area contributed by atoms with Crippen LogP contribution in [0.5, 0.6) is 0 Å². The van der Waals surface area contributed by atoms with Crippen molar-refractivity contribution in [1.29, 1.82) is 0 Å². The van der Waals surface area contributed by atoms with E-state index in [9.17, 15) is 9.59 Å². The van der Waals surface area contributed by atoms with Crippen molar-refractivity contribution in [2.45, 2.75) is 95.8 Å². The molecule has 0 radical (unpaired) electrons. The Hall–Kier alpha value is -2.63. The minimum atomic E-state index is -0.770. The van der Waals surface area contributed by atoms with E-state index >= 15 is 0 Å². The van der Waals surface area contributed by atoms with Crippen LogP contribution in [0.1, 0.15) is 110 Å². The van der Waals surface area contributed by atoms with Gasteiger partial charge in [-0.1, -0.05) is 75.6 Å². The molecule has 2 fully saturated rings. The first-order valence-electron chi connectivity index (χ1n) is 13.6. The number of rotatable bonds is 12. The lowest BCUT2D eigenvalue weighted by atomic mass is 9.86. The molecule has 1 heterocycles. The number of hydrogen-bond donors (Lipinski definition) is 2. The van der Waals surface area contributed by atoms with Gasteiger partial charge < -0.3 is 14.8 Å². The SMILES string of the molecule is O=C(O)CCc1ccccc1C[C@@H]1CCC[C@@H]1c1nc(C(=O)NCCCCC2CCCCC2)co1. The Balaban J connectivity index is 1.26. The number of hydrogen-bond acceptors (Lipinski definition) is 4. The predicted octanol–water partition coefficient (Wildman–Crippen LogP) is 6.30. The van der Waals surface area contributed by atoms with Crippen LogP contribution in [0.3, 0.4) is 0 Å². The Morgan fingerprint density at radius 2 is 1.80 bits per heavy atom. The third-order valence-electron chi connectivity index (χ3n) is 7.99. The molecule has 0 saturated heterocycles. The summed E-state index contributed by atoms with van der Waals surface area (Å²) in [6, 6.07) is 8.13. The van der Waals surface area contributed by atoms with E-state index in [2.05, 4.69) is 16.4 Å². The number of carboxylic acid groups (broad SMARTS) is 1. The van der Waals surface area contributed by atoms with E-state index in [1.165, 1.54) is 56.8 Å². The molecular weight excluding hydrogens is 440 g/mol. The second kappa shape index (κ2) is 12.9. The number of carbonyl (C=O) groups is 2. The number of nitrogens with one attached hydrogen (secondary N) is 1. The second-order valence-corrected chi connectivity index (χ2v) is 10.5. The van der Waals surface area contributed by atoms with Gasteiger partial charge in [-0.05, 0) is 55.1 Å². The Labute approximate surface area is 208 Å². The van der Waals surface area contributed by atoms with Crippen LogP contribution < -0.4 is 5.32 Å². The summed E-state index contributed by atoms with van der Waals surface area (Å²) in [5.74, 6) is 1.22. The molecule has 4 rings (SSSR count). The second-order valence-electron chi connectivity index (χ2n) is 10.5. The van der Waals surface area contributed by atoms with Crippen LogP contribution >= 0.6 is 0 Å². The van der Waals surface area contributed by atoms with Crippen molar-refractivity contribution < 1.29 is 19.1 Å². The van der Waals surface area contributed by atoms with Gasteiger partial charge in [-0.2, -0.15) is 0 Å². The quantitative estimate of drug-likeness (QED) is 0.348. The molecule has 2 aliphatic rings. The predicted molar refractivity (Wildman–Crippen MR) is 135 cm³/mol. The molecule has 0 unspecified atom stereocenters. The first-order chi connectivity index (χ1) is 17.1. The zero-order valence-corrected chi connectivity index (χ0v) is 20.8. The molecular formula is C29H40N2O4. The Bertz CT molecular complexity index is 963. The van der Waals surface area contributed by atoms with Crippen LogP contribution in [-0.4, -0.2) is 28.5 Å². The summed E-state index contributed by atoms with van der Waals surface area (Å²) in [5.41, 5.74) is 2.69. The standard InChI is InChI=1S/C29H40N2O4/c32-27(33)17-16-22-12-4-5-13-23(22)19-24-14-8-15-25(24)29-31-26(20-35-29)28(34)30-18-7-6-11-21-9-2-1-3-10-21/h4-5,12-13,20-21,24-25H,1-3,6-11,14-19H2,(H,30,34)(H,32,33)/t24-,25-/m0/s1. The molecule has 0 aliphatic heterocycles. The fourth-order valence-corrected chi connectivity index (χ4v) is 6.02. The molecule has 6 nitrogen and oxygen atoms in total. The summed E-state index contributed by atoms with van der Waals surface area (Å²) in [7, 11) is 0. The lowest BCUT2D eigenvalue weighted by Gasteiger charge is -2.21. The zero-order valence-electron chi connectivity index (χ0n) is 20.8. The van der Waals surface area contributed by atoms with Crippen LogP contribution in [0, 0.1) is 11.8 Å². The van der Waals surface area contributed by atoms with Crippen LogP contribution in [0.25, 0.3) is 0 Å². The average Bonchev–Trinajstić information content (AvgIpc) is 3.53. The molecule has 2 N–H and O–H groups in total. The van der Waals surface area contributed by atoms with Crippen LogP contribution in [0.2, 0.25) is 0 Å². The maximum Gasteiger partial charge on any atom is 0.303 e. The molecule has 190 valence electrons. The summed E-state index contributed by atoms with van der Waals surface area (Å²) >= 11 is 0. The minimum Gasteiger partial charge on any atom is -0.481 e. The first-order valence-corrected chi connectivity index (χ1v) is 13.6. The zero-order chi connectivity index (χ0) is 24.5. The number of carboxylic acids is 1. The number of aromatic nitrogens is 1. The summed E-state index contributed by atoms with van der Waals surface area (Å²) < 4.78 is 5.80. The molecule has 2 atom stereocenters. The molecule has 2 saturated carbocycles. The van der Waals surface area contributed by atoms with Crippen molar-refractivity contribution in [3.05, 3.63) is 53.2 Å². The van der Waals surface area contributed by atoms with Crippen molar-refractivity contribution in [1.82, 2.24) is 10.3 Å². The summed E-state index contributed by atoms with van der Waals surface area (Å²) in [6.45, 7) is 0.687. The molecule has 1 aromatic heterocycles. The van der Waals surface area contributed by atoms with Gasteiger partial charge in [-0.25, -0.2) is 4.98 Å². The summed E-state index contributed by atoms with van der Waals surface area (Å²) in [4.78, 5) is 28.2. The van der Waals surface area contributed by atoms with Gasteiger partial charge >= 0.3 is 5.97 Å². The topological polar surface area (TPSA) is 92.4 Å². The number of benzene rings is 1. The van der Waals surface area contributed by atoms with E-state index in [4.69, 9.17) is 9.52 Å². The summed E-state index contributed by atoms with van der Waals surface area (Å²) in [6.07, 6.45) is 16.7. The van der Waals surface area contributed by atoms with Crippen LogP contribution in [-0.2, 0) is 17.6 Å². The van der Waals surface area contributed by atoms with Crippen molar-refractivity contribution in [3.63, 3.8) is 0 Å². The Morgan fingerprint density at radius 3 is 2.60 bits per heavy atom. The number of unbranched alkanes of at least 4 members (excludes halogenated alkanes) is 1. The molecule has 35 heavy (non-hydrogen) atoms. The first kappa shape index (κ1) is 25.5. The third kappa shape index (κ3) is 7.42. The molecule has 2 aliphatic carbocycles. The number of amides is 1. The third-order valence-corrected chi connectivity index (χ3v) is 7.99. The lowest BCUT2D eigenvalue weighted by Crippen LogP contribution is -2.25. The highest BCUT2D eigenvalue weighted by Crippen LogP contribution is 2.41. The van der Waals surface area contributed by atoms with Gasteiger partial charge in [-0.15, -0.1) is 0 Å². The van der Waals surface area contributed by atoms with Crippen LogP contribution in [0.15, 0.2) is 34.9 Å². The monoisotopic (exact) mass is 480 g/mol. The highest BCUT2D eigenvalue weighted by Gasteiger charge is 2.33. The van der Waals surface area contributed by atoms with E-state index in [1.807, 2.05) is 18.2 Å². The maximum atomic E-state index is 12.6. The van der Waals surface area contributed by atoms with Gasteiger partial charge in [-0.3, -0.25) is 9.59 Å². The van der Waals surface area contributed by atoms with Gasteiger partial charge in [0.2, 0.25) is 0 Å². The van der Waals surface area contributed by atoms with E-state index in [1.54, 1.807) is 0 Å². The van der Waals surface area contributed by atoms with Crippen molar-refractivity contribution >= 4 is 11.9 Å². The van der Waals surface area contributed by atoms with Gasteiger partial charge in [0.15, 0.2) is 11.6 Å². The van der Waals surface area contributed by atoms with E-state index in [0.717, 1.165) is 43.6 Å². The Morgan fingerprint density at radius 1 is 1.00 bits per heavy atom. The number of nitrogens with zero attached hydrogens (tertiary/aromatic N) is 1. The minimum absolute atomic E-state index is 0.143. The fraction of sp³-hybridized carbons (Fsp3) is 0.621. The van der Waals surface area contributed by atoms with E-state index in [-0.39, 0.29) is 18.2 Å². The highest BCUT2D eigenvalue weighted by molar-refractivity contribution is 5.91. The molecule has 6 heteroatoms. The molecule has 0 bridgehead atoms. The maximum absolute atomic E-state index is 12.6. The van der Waals surface area contributed by atoms with Gasteiger partial charge in [0.25, 0.3) is 5.91 Å². The van der Waals surface area contributed by atoms with Gasteiger partial charge in [0, 0.05) is 18.9 Å². The number of carbonyl (C=O) groups excluding carboxylic acids is 1. The smallest absolute Gasteiger partial charge is 0.303 e. The van der Waals surface area contributed by atoms with Crippen molar-refractivity contribution in [3.8, 4) is 0 Å². The van der Waals surface area contributed by atoms with Crippen molar-refractivity contribution in [2.75, 3.05) is 6.54 Å². The highest BCUT2D eigenvalue weighted by atomic mass is 16.4. The normalized spacial score (nSPS) is 20.7. The average molecular weight is 481 g/mol. The largest absolute Gasteiger partial charge is 0.481 e. The lowest BCUT2D eigenvalue weighted by molar-refractivity contribution is -0.136. The number of oxazole rings is 1.